The van der Waals surface area contributed by atoms with Crippen LogP contribution in [0.1, 0.15) is 44.0 Å². The first kappa shape index (κ1) is 27.2. The number of piperazine rings is 1. The second kappa shape index (κ2) is 12.2. The lowest BCUT2D eigenvalue weighted by Gasteiger charge is -2.42. The zero-order chi connectivity index (χ0) is 28.1. The Bertz CT molecular complexity index is 1330. The van der Waals surface area contributed by atoms with E-state index in [2.05, 4.69) is 25.5 Å². The first-order chi connectivity index (χ1) is 19.4. The summed E-state index contributed by atoms with van der Waals surface area (Å²) in [5.41, 5.74) is 1.72. The summed E-state index contributed by atoms with van der Waals surface area (Å²) in [6.45, 7) is 8.96. The molecule has 12 nitrogen and oxygen atoms in total. The van der Waals surface area contributed by atoms with Crippen molar-refractivity contribution in [2.75, 3.05) is 44.3 Å². The van der Waals surface area contributed by atoms with Crippen LogP contribution in [0.15, 0.2) is 43.0 Å². The standard InChI is InChI=1S/C28H36N8O4/c1-4-7-30-28(38)34-10-11-36(25-14-19(2)31-27(33-25)35-9-8-29-18-35)22(17-34)16-26(37)32-20(3)21-5-6-23-24(15-21)40-13-12-39-23/h5-6,8-9,14-15,18,20,22H,4,7,10-13,16-17H2,1-3H3,(H,30,38)(H,32,37). The molecule has 2 unspecified atom stereocenters. The number of anilines is 1. The molecule has 1 saturated heterocycles. The van der Waals surface area contributed by atoms with Crippen molar-refractivity contribution in [1.82, 2.24) is 35.1 Å². The maximum Gasteiger partial charge on any atom is 0.317 e. The molecule has 3 amide bonds. The van der Waals surface area contributed by atoms with Crippen LogP contribution in [0.3, 0.4) is 0 Å². The quantitative estimate of drug-likeness (QED) is 0.440. The lowest BCUT2D eigenvalue weighted by molar-refractivity contribution is -0.122. The topological polar surface area (TPSA) is 127 Å². The highest BCUT2D eigenvalue weighted by atomic mass is 16.6. The molecule has 40 heavy (non-hydrogen) atoms. The molecule has 2 aliphatic rings. The number of fused-ring (bicyclic) bond motifs is 1. The summed E-state index contributed by atoms with van der Waals surface area (Å²) in [5.74, 6) is 2.50. The molecule has 1 aromatic carbocycles. The number of aromatic nitrogens is 4. The van der Waals surface area contributed by atoms with Crippen LogP contribution in [-0.4, -0.2) is 81.8 Å². The summed E-state index contributed by atoms with van der Waals surface area (Å²) in [5, 5.41) is 6.08. The molecule has 0 aliphatic carbocycles. The molecule has 0 spiro atoms. The molecule has 2 aromatic heterocycles. The van der Waals surface area contributed by atoms with E-state index < -0.39 is 0 Å². The lowest BCUT2D eigenvalue weighted by atomic mass is 10.0. The van der Waals surface area contributed by atoms with E-state index in [0.717, 1.165) is 17.7 Å². The normalized spacial score (nSPS) is 17.3. The Morgan fingerprint density at radius 1 is 1.12 bits per heavy atom. The molecule has 0 radical (unpaired) electrons. The number of imidazole rings is 1. The highest BCUT2D eigenvalue weighted by molar-refractivity contribution is 5.79. The number of hydrogen-bond donors (Lipinski definition) is 2. The zero-order valence-electron chi connectivity index (χ0n) is 23.2. The zero-order valence-corrected chi connectivity index (χ0v) is 23.2. The van der Waals surface area contributed by atoms with Gasteiger partial charge in [0.2, 0.25) is 11.9 Å². The molecule has 2 N–H and O–H groups in total. The van der Waals surface area contributed by atoms with E-state index in [0.29, 0.717) is 62.7 Å². The van der Waals surface area contributed by atoms with Gasteiger partial charge in [0.25, 0.3) is 0 Å². The predicted octanol–water partition coefficient (Wildman–Crippen LogP) is 2.62. The Labute approximate surface area is 233 Å². The maximum atomic E-state index is 13.4. The fourth-order valence-electron chi connectivity index (χ4n) is 4.96. The van der Waals surface area contributed by atoms with Crippen molar-refractivity contribution < 1.29 is 19.1 Å². The van der Waals surface area contributed by atoms with E-state index in [-0.39, 0.29) is 30.4 Å². The van der Waals surface area contributed by atoms with Crippen molar-refractivity contribution in [1.29, 1.82) is 0 Å². The number of nitrogens with zero attached hydrogens (tertiary/aromatic N) is 6. The summed E-state index contributed by atoms with van der Waals surface area (Å²) in [6.07, 6.45) is 6.16. The van der Waals surface area contributed by atoms with Crippen LogP contribution in [0.25, 0.3) is 5.95 Å². The number of rotatable bonds is 8. The van der Waals surface area contributed by atoms with Crippen molar-refractivity contribution in [3.8, 4) is 17.4 Å². The number of carbonyl (C=O) groups is 2. The van der Waals surface area contributed by atoms with Gasteiger partial charge in [-0.05, 0) is 38.0 Å². The van der Waals surface area contributed by atoms with Crippen LogP contribution >= 0.6 is 0 Å². The van der Waals surface area contributed by atoms with Crippen LogP contribution in [0.4, 0.5) is 10.6 Å². The first-order valence-corrected chi connectivity index (χ1v) is 13.7. The van der Waals surface area contributed by atoms with Gasteiger partial charge in [0, 0.05) is 56.8 Å². The molecule has 0 bridgehead atoms. The van der Waals surface area contributed by atoms with Crippen molar-refractivity contribution in [3.05, 3.63) is 54.2 Å². The smallest absolute Gasteiger partial charge is 0.317 e. The van der Waals surface area contributed by atoms with Gasteiger partial charge < -0.3 is 29.9 Å². The molecule has 0 saturated carbocycles. The maximum absolute atomic E-state index is 13.4. The third-order valence-corrected chi connectivity index (χ3v) is 7.02. The number of nitrogens with one attached hydrogen (secondary N) is 2. The first-order valence-electron chi connectivity index (χ1n) is 13.7. The number of benzene rings is 1. The number of carbonyl (C=O) groups excluding carboxylic acids is 2. The Morgan fingerprint density at radius 2 is 1.95 bits per heavy atom. The summed E-state index contributed by atoms with van der Waals surface area (Å²) in [7, 11) is 0. The molecule has 1 fully saturated rings. The van der Waals surface area contributed by atoms with E-state index in [1.165, 1.54) is 0 Å². The summed E-state index contributed by atoms with van der Waals surface area (Å²) >= 11 is 0. The summed E-state index contributed by atoms with van der Waals surface area (Å²) < 4.78 is 13.1. The van der Waals surface area contributed by atoms with Gasteiger partial charge in [-0.15, -0.1) is 0 Å². The summed E-state index contributed by atoms with van der Waals surface area (Å²) in [4.78, 5) is 43.5. The second-order valence-corrected chi connectivity index (χ2v) is 10.1. The van der Waals surface area contributed by atoms with Crippen molar-refractivity contribution in [3.63, 3.8) is 0 Å². The van der Waals surface area contributed by atoms with Crippen molar-refractivity contribution >= 4 is 17.8 Å². The highest BCUT2D eigenvalue weighted by Gasteiger charge is 2.33. The Balaban J connectivity index is 1.34. The minimum absolute atomic E-state index is 0.116. The molecule has 212 valence electrons. The average molecular weight is 549 g/mol. The fourth-order valence-corrected chi connectivity index (χ4v) is 4.96. The number of aryl methyl sites for hydroxylation is 1. The molecule has 2 atom stereocenters. The number of amides is 3. The molecule has 3 aromatic rings. The van der Waals surface area contributed by atoms with Crippen molar-refractivity contribution in [2.45, 2.75) is 45.7 Å². The van der Waals surface area contributed by atoms with E-state index in [1.807, 2.05) is 45.0 Å². The highest BCUT2D eigenvalue weighted by Crippen LogP contribution is 2.32. The molecular formula is C28H36N8O4. The molecule has 5 rings (SSSR count). The fraction of sp³-hybridized carbons (Fsp3) is 0.464. The van der Waals surface area contributed by atoms with Gasteiger partial charge in [-0.2, -0.15) is 4.98 Å². The lowest BCUT2D eigenvalue weighted by Crippen LogP contribution is -2.58. The molecule has 12 heteroatoms. The monoisotopic (exact) mass is 548 g/mol. The van der Waals surface area contributed by atoms with E-state index in [9.17, 15) is 9.59 Å². The Morgan fingerprint density at radius 3 is 2.73 bits per heavy atom. The van der Waals surface area contributed by atoms with Gasteiger partial charge in [0.05, 0.1) is 12.1 Å². The van der Waals surface area contributed by atoms with Crippen LogP contribution in [0.2, 0.25) is 0 Å². The average Bonchev–Trinajstić information content (AvgIpc) is 3.50. The molecular weight excluding hydrogens is 512 g/mol. The van der Waals surface area contributed by atoms with Gasteiger partial charge in [-0.25, -0.2) is 14.8 Å². The number of hydrogen-bond acceptors (Lipinski definition) is 8. The van der Waals surface area contributed by atoms with E-state index >= 15 is 0 Å². The SMILES string of the molecule is CCCNC(=O)N1CCN(c2cc(C)nc(-n3ccnc3)n2)C(CC(=O)NC(C)c2ccc3c(c2)OCCO3)C1. The molecule has 4 heterocycles. The van der Waals surface area contributed by atoms with Gasteiger partial charge in [-0.1, -0.05) is 13.0 Å². The number of urea groups is 1. The second-order valence-electron chi connectivity index (χ2n) is 10.1. The Hall–Kier alpha value is -4.35. The third-order valence-electron chi connectivity index (χ3n) is 7.02. The van der Waals surface area contributed by atoms with Crippen LogP contribution < -0.4 is 25.0 Å². The predicted molar refractivity (Wildman–Crippen MR) is 149 cm³/mol. The van der Waals surface area contributed by atoms with Crippen LogP contribution in [0, 0.1) is 6.92 Å². The van der Waals surface area contributed by atoms with Gasteiger partial charge >= 0.3 is 6.03 Å². The van der Waals surface area contributed by atoms with Crippen molar-refractivity contribution in [2.24, 2.45) is 0 Å². The minimum atomic E-state index is -0.279. The van der Waals surface area contributed by atoms with E-state index in [4.69, 9.17) is 14.5 Å². The van der Waals surface area contributed by atoms with Gasteiger partial charge in [0.15, 0.2) is 11.5 Å². The molecule has 2 aliphatic heterocycles. The third kappa shape index (κ3) is 6.27. The van der Waals surface area contributed by atoms with E-state index in [1.54, 1.807) is 28.2 Å². The largest absolute Gasteiger partial charge is 0.486 e. The number of ether oxygens (including phenoxy) is 2. The Kier molecular flexibility index (Phi) is 8.32. The minimum Gasteiger partial charge on any atom is -0.486 e. The van der Waals surface area contributed by atoms with Crippen LogP contribution in [-0.2, 0) is 4.79 Å². The van der Waals surface area contributed by atoms with Gasteiger partial charge in [-0.3, -0.25) is 9.36 Å². The van der Waals surface area contributed by atoms with Gasteiger partial charge in [0.1, 0.15) is 25.4 Å². The summed E-state index contributed by atoms with van der Waals surface area (Å²) in [6, 6.07) is 7.00. The van der Waals surface area contributed by atoms with Crippen LogP contribution in [0.5, 0.6) is 11.5 Å².